The third-order valence-corrected chi connectivity index (χ3v) is 5.25. The average molecular weight is 362 g/mol. The first-order chi connectivity index (χ1) is 12.9. The van der Waals surface area contributed by atoms with Crippen LogP contribution in [0.3, 0.4) is 0 Å². The Balaban J connectivity index is 1.91. The molecule has 0 fully saturated rings. The van der Waals surface area contributed by atoms with Crippen LogP contribution < -0.4 is 0 Å². The first-order valence-electron chi connectivity index (χ1n) is 8.94. The number of para-hydroxylation sites is 1. The van der Waals surface area contributed by atoms with E-state index >= 15 is 0 Å². The van der Waals surface area contributed by atoms with Gasteiger partial charge in [0.1, 0.15) is 6.07 Å². The van der Waals surface area contributed by atoms with E-state index in [1.54, 1.807) is 30.3 Å². The SMILES string of the molecule is CCCN1C(=O)c2ccc(-c3cn(F)c4c(C#N)cccc34)nc2C1(C)C. The van der Waals surface area contributed by atoms with E-state index in [-0.39, 0.29) is 17.0 Å². The lowest BCUT2D eigenvalue weighted by Gasteiger charge is -2.31. The molecule has 0 spiro atoms. The van der Waals surface area contributed by atoms with Gasteiger partial charge in [-0.1, -0.05) is 23.5 Å². The summed E-state index contributed by atoms with van der Waals surface area (Å²) in [4.78, 5) is 19.8. The van der Waals surface area contributed by atoms with Crippen molar-refractivity contribution in [2.24, 2.45) is 0 Å². The van der Waals surface area contributed by atoms with Crippen molar-refractivity contribution in [3.8, 4) is 17.3 Å². The second kappa shape index (κ2) is 5.92. The van der Waals surface area contributed by atoms with Gasteiger partial charge in [-0.15, -0.1) is 0 Å². The van der Waals surface area contributed by atoms with Crippen LogP contribution in [0, 0.1) is 11.3 Å². The molecule has 3 heterocycles. The normalized spacial score (nSPS) is 15.2. The van der Waals surface area contributed by atoms with Crippen LogP contribution in [0.25, 0.3) is 22.2 Å². The smallest absolute Gasteiger partial charge is 0.256 e. The Morgan fingerprint density at radius 2 is 2.00 bits per heavy atom. The third-order valence-electron chi connectivity index (χ3n) is 5.25. The maximum absolute atomic E-state index is 14.5. The van der Waals surface area contributed by atoms with Crippen LogP contribution in [-0.2, 0) is 5.54 Å². The lowest BCUT2D eigenvalue weighted by Crippen LogP contribution is -2.39. The zero-order valence-electron chi connectivity index (χ0n) is 15.5. The van der Waals surface area contributed by atoms with E-state index in [1.807, 2.05) is 31.7 Å². The number of pyridine rings is 1. The van der Waals surface area contributed by atoms with Crippen LogP contribution in [0.1, 0.15) is 48.8 Å². The molecule has 6 heteroatoms. The summed E-state index contributed by atoms with van der Waals surface area (Å²) in [6.45, 7) is 6.66. The average Bonchev–Trinajstić information content (AvgIpc) is 3.10. The summed E-state index contributed by atoms with van der Waals surface area (Å²) in [7, 11) is 0. The van der Waals surface area contributed by atoms with E-state index in [1.165, 1.54) is 6.20 Å². The number of fused-ring (bicyclic) bond motifs is 2. The molecule has 27 heavy (non-hydrogen) atoms. The Bertz CT molecular complexity index is 1120. The zero-order chi connectivity index (χ0) is 19.3. The van der Waals surface area contributed by atoms with Gasteiger partial charge in [-0.3, -0.25) is 4.79 Å². The Kier molecular flexibility index (Phi) is 3.77. The molecule has 0 saturated carbocycles. The number of carbonyl (C=O) groups is 1. The third kappa shape index (κ3) is 2.35. The van der Waals surface area contributed by atoms with Crippen LogP contribution in [-0.4, -0.2) is 27.1 Å². The molecule has 1 aromatic carbocycles. The van der Waals surface area contributed by atoms with Crippen molar-refractivity contribution in [2.75, 3.05) is 6.54 Å². The van der Waals surface area contributed by atoms with Gasteiger partial charge >= 0.3 is 0 Å². The highest BCUT2D eigenvalue weighted by Gasteiger charge is 2.44. The maximum atomic E-state index is 14.5. The summed E-state index contributed by atoms with van der Waals surface area (Å²) >= 11 is 0. The monoisotopic (exact) mass is 362 g/mol. The number of aromatic nitrogens is 2. The van der Waals surface area contributed by atoms with Gasteiger partial charge in [-0.25, -0.2) is 4.98 Å². The fourth-order valence-electron chi connectivity index (χ4n) is 3.91. The molecule has 1 aliphatic rings. The van der Waals surface area contributed by atoms with E-state index in [9.17, 15) is 14.5 Å². The van der Waals surface area contributed by atoms with Crippen molar-refractivity contribution in [3.05, 3.63) is 53.3 Å². The van der Waals surface area contributed by atoms with Gasteiger partial charge in [0.05, 0.1) is 33.6 Å². The van der Waals surface area contributed by atoms with Gasteiger partial charge in [-0.2, -0.15) is 10.1 Å². The van der Waals surface area contributed by atoms with Gasteiger partial charge in [0.25, 0.3) is 5.91 Å². The van der Waals surface area contributed by atoms with Gasteiger partial charge < -0.3 is 4.90 Å². The van der Waals surface area contributed by atoms with E-state index in [0.717, 1.165) is 6.42 Å². The molecule has 0 unspecified atom stereocenters. The minimum Gasteiger partial charge on any atom is -0.328 e. The number of benzene rings is 1. The topological polar surface area (TPSA) is 61.9 Å². The quantitative estimate of drug-likeness (QED) is 0.693. The van der Waals surface area contributed by atoms with E-state index < -0.39 is 5.54 Å². The lowest BCUT2D eigenvalue weighted by molar-refractivity contribution is 0.0615. The van der Waals surface area contributed by atoms with Gasteiger partial charge in [0.15, 0.2) is 0 Å². The van der Waals surface area contributed by atoms with Crippen molar-refractivity contribution in [2.45, 2.75) is 32.7 Å². The second-order valence-electron chi connectivity index (χ2n) is 7.28. The largest absolute Gasteiger partial charge is 0.328 e. The van der Waals surface area contributed by atoms with E-state index in [0.29, 0.717) is 39.2 Å². The molecule has 4 rings (SSSR count). The molecule has 0 atom stereocenters. The fourth-order valence-corrected chi connectivity index (χ4v) is 3.91. The Morgan fingerprint density at radius 1 is 1.22 bits per heavy atom. The second-order valence-corrected chi connectivity index (χ2v) is 7.28. The Hall–Kier alpha value is -3.20. The van der Waals surface area contributed by atoms with Gasteiger partial charge in [0, 0.05) is 23.7 Å². The number of carbonyl (C=O) groups excluding carboxylic acids is 1. The molecular formula is C21H19FN4O. The summed E-state index contributed by atoms with van der Waals surface area (Å²) in [5, 5.41) is 9.88. The standard InChI is InChI=1S/C21H19FN4O/c1-4-10-25-20(27)15-8-9-17(24-19(15)21(25,2)3)16-12-26(22)18-13(11-23)6-5-7-14(16)18/h5-9,12H,4,10H2,1-3H3. The molecule has 5 nitrogen and oxygen atoms in total. The van der Waals surface area contributed by atoms with Gasteiger partial charge in [-0.05, 0) is 38.5 Å². The molecule has 1 aliphatic heterocycles. The summed E-state index contributed by atoms with van der Waals surface area (Å²) in [6.07, 6.45) is 2.20. The van der Waals surface area contributed by atoms with Crippen LogP contribution in [0.2, 0.25) is 0 Å². The minimum atomic E-state index is -0.523. The van der Waals surface area contributed by atoms with Crippen molar-refractivity contribution in [3.63, 3.8) is 0 Å². The highest BCUT2D eigenvalue weighted by molar-refractivity contribution is 6.01. The summed E-state index contributed by atoms with van der Waals surface area (Å²) in [5.41, 5.74) is 2.47. The van der Waals surface area contributed by atoms with Crippen LogP contribution in [0.4, 0.5) is 4.48 Å². The zero-order valence-corrected chi connectivity index (χ0v) is 15.5. The maximum Gasteiger partial charge on any atom is 0.256 e. The Labute approximate surface area is 156 Å². The number of nitrogens with zero attached hydrogens (tertiary/aromatic N) is 4. The summed E-state index contributed by atoms with van der Waals surface area (Å²) in [6, 6.07) is 10.6. The molecule has 0 radical (unpaired) electrons. The Morgan fingerprint density at radius 3 is 2.70 bits per heavy atom. The van der Waals surface area contributed by atoms with E-state index in [4.69, 9.17) is 4.98 Å². The highest BCUT2D eigenvalue weighted by Crippen LogP contribution is 2.40. The molecule has 2 aromatic heterocycles. The molecule has 1 amide bonds. The lowest BCUT2D eigenvalue weighted by atomic mass is 9.98. The molecule has 0 bridgehead atoms. The number of rotatable bonds is 3. The molecule has 0 aliphatic carbocycles. The number of hydrogen-bond acceptors (Lipinski definition) is 3. The predicted octanol–water partition coefficient (Wildman–Crippen LogP) is 4.41. The van der Waals surface area contributed by atoms with Crippen molar-refractivity contribution in [1.29, 1.82) is 5.26 Å². The number of halogens is 1. The fraction of sp³-hybridized carbons (Fsp3) is 0.286. The van der Waals surface area contributed by atoms with E-state index in [2.05, 4.69) is 0 Å². The predicted molar refractivity (Wildman–Crippen MR) is 101 cm³/mol. The molecular weight excluding hydrogens is 343 g/mol. The summed E-state index contributed by atoms with van der Waals surface area (Å²) in [5.74, 6) is -0.0180. The molecule has 3 aromatic rings. The minimum absolute atomic E-state index is 0.0180. The van der Waals surface area contributed by atoms with Crippen LogP contribution in [0.15, 0.2) is 36.5 Å². The van der Waals surface area contributed by atoms with Crippen molar-refractivity contribution in [1.82, 2.24) is 14.7 Å². The number of hydrogen-bond donors (Lipinski definition) is 0. The first-order valence-corrected chi connectivity index (χ1v) is 8.94. The molecule has 0 N–H and O–H groups in total. The molecule has 136 valence electrons. The van der Waals surface area contributed by atoms with Crippen molar-refractivity contribution >= 4 is 16.8 Å². The first kappa shape index (κ1) is 17.2. The van der Waals surface area contributed by atoms with Crippen molar-refractivity contribution < 1.29 is 9.28 Å². The van der Waals surface area contributed by atoms with Crippen LogP contribution in [0.5, 0.6) is 0 Å². The summed E-state index contributed by atoms with van der Waals surface area (Å²) < 4.78 is 14.5. The number of nitriles is 1. The number of amides is 1. The molecule has 0 saturated heterocycles. The highest BCUT2D eigenvalue weighted by atomic mass is 19.2. The van der Waals surface area contributed by atoms with Gasteiger partial charge in [0.2, 0.25) is 0 Å². The van der Waals surface area contributed by atoms with Crippen LogP contribution >= 0.6 is 0 Å².